The van der Waals surface area contributed by atoms with Crippen LogP contribution in [0.5, 0.6) is 0 Å². The number of nitrogens with one attached hydrogen (secondary N) is 1. The van der Waals surface area contributed by atoms with E-state index in [1.165, 1.54) is 38.1 Å². The summed E-state index contributed by atoms with van der Waals surface area (Å²) in [6, 6.07) is 7.15. The summed E-state index contributed by atoms with van der Waals surface area (Å²) in [4.78, 5) is 13.1. The monoisotopic (exact) mass is 371 g/mol. The molecule has 0 bridgehead atoms. The van der Waals surface area contributed by atoms with Gasteiger partial charge in [-0.25, -0.2) is 0 Å². The third kappa shape index (κ3) is 4.73. The molecule has 7 nitrogen and oxygen atoms in total. The summed E-state index contributed by atoms with van der Waals surface area (Å²) >= 11 is 0. The Bertz CT molecular complexity index is 763. The smallest absolute Gasteiger partial charge is 0.269 e. The van der Waals surface area contributed by atoms with Gasteiger partial charge >= 0.3 is 0 Å². The first-order valence-corrected chi connectivity index (χ1v) is 9.68. The number of aromatic nitrogens is 2. The number of nitro benzene ring substituents is 1. The van der Waals surface area contributed by atoms with E-state index in [0.717, 1.165) is 29.9 Å². The fraction of sp³-hybridized carbons (Fsp3) is 0.550. The van der Waals surface area contributed by atoms with Crippen LogP contribution in [0.3, 0.4) is 0 Å². The number of likely N-dealkylation sites (tertiary alicyclic amines) is 1. The third-order valence-corrected chi connectivity index (χ3v) is 5.30. The van der Waals surface area contributed by atoms with Gasteiger partial charge in [0.2, 0.25) is 0 Å². The highest BCUT2D eigenvalue weighted by atomic mass is 16.6. The molecular weight excluding hydrogens is 342 g/mol. The third-order valence-electron chi connectivity index (χ3n) is 5.30. The molecule has 1 atom stereocenters. The van der Waals surface area contributed by atoms with Gasteiger partial charge in [-0.3, -0.25) is 19.7 Å². The SMILES string of the molecule is CC(C)C(CNCc1cn(C)nc1-c1ccc([N+](=O)[O-])cc1)N1CCCC1. The molecule has 0 spiro atoms. The zero-order valence-electron chi connectivity index (χ0n) is 16.4. The summed E-state index contributed by atoms with van der Waals surface area (Å²) in [5, 5.41) is 19.0. The van der Waals surface area contributed by atoms with E-state index >= 15 is 0 Å². The van der Waals surface area contributed by atoms with E-state index in [1.54, 1.807) is 16.8 Å². The van der Waals surface area contributed by atoms with Crippen molar-refractivity contribution in [2.24, 2.45) is 13.0 Å². The van der Waals surface area contributed by atoms with Crippen molar-refractivity contribution >= 4 is 5.69 Å². The number of nitro groups is 1. The summed E-state index contributed by atoms with van der Waals surface area (Å²) in [7, 11) is 1.90. The van der Waals surface area contributed by atoms with Crippen LogP contribution in [0.15, 0.2) is 30.5 Å². The predicted octanol–water partition coefficient (Wildman–Crippen LogP) is 3.21. The van der Waals surface area contributed by atoms with Crippen LogP contribution >= 0.6 is 0 Å². The van der Waals surface area contributed by atoms with E-state index < -0.39 is 0 Å². The van der Waals surface area contributed by atoms with Crippen LogP contribution in [0.2, 0.25) is 0 Å². The van der Waals surface area contributed by atoms with Crippen molar-refractivity contribution in [2.45, 2.75) is 39.3 Å². The van der Waals surface area contributed by atoms with Gasteiger partial charge in [-0.15, -0.1) is 0 Å². The Kier molecular flexibility index (Phi) is 6.23. The zero-order chi connectivity index (χ0) is 19.4. The predicted molar refractivity (Wildman–Crippen MR) is 106 cm³/mol. The van der Waals surface area contributed by atoms with Gasteiger partial charge in [0.15, 0.2) is 0 Å². The van der Waals surface area contributed by atoms with Crippen molar-refractivity contribution in [1.29, 1.82) is 0 Å². The molecule has 0 amide bonds. The molecule has 1 fully saturated rings. The molecule has 7 heteroatoms. The Labute approximate surface area is 160 Å². The Morgan fingerprint density at radius 1 is 1.22 bits per heavy atom. The van der Waals surface area contributed by atoms with E-state index in [1.807, 2.05) is 13.2 Å². The standard InChI is InChI=1S/C20H29N5O2/c1-15(2)19(24-10-4-5-11-24)13-21-12-17-14-23(3)22-20(17)16-6-8-18(9-7-16)25(26)27/h6-9,14-15,19,21H,4-5,10-13H2,1-3H3. The minimum atomic E-state index is -0.380. The molecule has 27 heavy (non-hydrogen) atoms. The molecule has 0 aliphatic carbocycles. The molecule has 1 N–H and O–H groups in total. The number of nitrogens with zero attached hydrogens (tertiary/aromatic N) is 4. The van der Waals surface area contributed by atoms with E-state index in [2.05, 4.69) is 29.2 Å². The molecule has 2 aromatic rings. The average molecular weight is 371 g/mol. The average Bonchev–Trinajstić information content (AvgIpc) is 3.28. The quantitative estimate of drug-likeness (QED) is 0.570. The molecular formula is C20H29N5O2. The summed E-state index contributed by atoms with van der Waals surface area (Å²) in [6.45, 7) is 8.66. The van der Waals surface area contributed by atoms with E-state index in [9.17, 15) is 10.1 Å². The van der Waals surface area contributed by atoms with Gasteiger partial charge in [0.1, 0.15) is 0 Å². The van der Waals surface area contributed by atoms with Gasteiger partial charge in [-0.05, 0) is 44.0 Å². The second kappa shape index (κ2) is 8.63. The fourth-order valence-electron chi connectivity index (χ4n) is 3.87. The normalized spacial score (nSPS) is 16.1. The van der Waals surface area contributed by atoms with E-state index in [4.69, 9.17) is 0 Å². The summed E-state index contributed by atoms with van der Waals surface area (Å²) in [5.41, 5.74) is 2.98. The lowest BCUT2D eigenvalue weighted by Gasteiger charge is -2.31. The molecule has 1 aromatic carbocycles. The highest BCUT2D eigenvalue weighted by Gasteiger charge is 2.24. The second-order valence-electron chi connectivity index (χ2n) is 7.67. The van der Waals surface area contributed by atoms with Crippen LogP contribution in [-0.4, -0.2) is 45.3 Å². The lowest BCUT2D eigenvalue weighted by atomic mass is 10.0. The Balaban J connectivity index is 1.67. The maximum absolute atomic E-state index is 10.9. The molecule has 1 saturated heterocycles. The van der Waals surface area contributed by atoms with Crippen molar-refractivity contribution in [3.63, 3.8) is 0 Å². The molecule has 3 rings (SSSR count). The van der Waals surface area contributed by atoms with Crippen LogP contribution < -0.4 is 5.32 Å². The van der Waals surface area contributed by atoms with Crippen LogP contribution in [0.4, 0.5) is 5.69 Å². The van der Waals surface area contributed by atoms with Gasteiger partial charge in [-0.1, -0.05) is 13.8 Å². The number of benzene rings is 1. The zero-order valence-corrected chi connectivity index (χ0v) is 16.4. The van der Waals surface area contributed by atoms with Crippen LogP contribution in [0.25, 0.3) is 11.3 Å². The highest BCUT2D eigenvalue weighted by Crippen LogP contribution is 2.24. The largest absolute Gasteiger partial charge is 0.311 e. The minimum Gasteiger partial charge on any atom is -0.311 e. The maximum Gasteiger partial charge on any atom is 0.269 e. The summed E-state index contributed by atoms with van der Waals surface area (Å²) in [6.07, 6.45) is 4.62. The van der Waals surface area contributed by atoms with Crippen molar-refractivity contribution in [1.82, 2.24) is 20.0 Å². The Morgan fingerprint density at radius 3 is 2.48 bits per heavy atom. The van der Waals surface area contributed by atoms with Crippen LogP contribution in [0, 0.1) is 16.0 Å². The molecule has 1 aliphatic heterocycles. The van der Waals surface area contributed by atoms with Gasteiger partial charge in [-0.2, -0.15) is 5.10 Å². The summed E-state index contributed by atoms with van der Waals surface area (Å²) < 4.78 is 1.80. The maximum atomic E-state index is 10.9. The molecule has 0 radical (unpaired) electrons. The fourth-order valence-corrected chi connectivity index (χ4v) is 3.87. The van der Waals surface area contributed by atoms with Gasteiger partial charge < -0.3 is 5.32 Å². The van der Waals surface area contributed by atoms with Crippen molar-refractivity contribution in [3.8, 4) is 11.3 Å². The van der Waals surface area contributed by atoms with Gasteiger partial charge in [0.05, 0.1) is 10.6 Å². The highest BCUT2D eigenvalue weighted by molar-refractivity contribution is 5.64. The molecule has 0 saturated carbocycles. The van der Waals surface area contributed by atoms with Crippen molar-refractivity contribution in [3.05, 3.63) is 46.1 Å². The van der Waals surface area contributed by atoms with Gasteiger partial charge in [0.25, 0.3) is 5.69 Å². The number of rotatable bonds is 8. The minimum absolute atomic E-state index is 0.0970. The number of aryl methyl sites for hydroxylation is 1. The number of non-ortho nitro benzene ring substituents is 1. The molecule has 1 unspecified atom stereocenters. The first-order chi connectivity index (χ1) is 13.0. The first-order valence-electron chi connectivity index (χ1n) is 9.68. The molecule has 146 valence electrons. The second-order valence-corrected chi connectivity index (χ2v) is 7.67. The van der Waals surface area contributed by atoms with Crippen molar-refractivity contribution < 1.29 is 4.92 Å². The Morgan fingerprint density at radius 2 is 1.89 bits per heavy atom. The molecule has 1 aromatic heterocycles. The lowest BCUT2D eigenvalue weighted by Crippen LogP contribution is -2.44. The molecule has 2 heterocycles. The van der Waals surface area contributed by atoms with E-state index in [0.29, 0.717) is 12.0 Å². The lowest BCUT2D eigenvalue weighted by molar-refractivity contribution is -0.384. The number of hydrogen-bond donors (Lipinski definition) is 1. The van der Waals surface area contributed by atoms with Crippen molar-refractivity contribution in [2.75, 3.05) is 19.6 Å². The van der Waals surface area contributed by atoms with E-state index in [-0.39, 0.29) is 10.6 Å². The Hall–Kier alpha value is -2.25. The van der Waals surface area contributed by atoms with Gasteiger partial charge in [0, 0.05) is 55.6 Å². The first kappa shape index (κ1) is 19.5. The molecule has 1 aliphatic rings. The van der Waals surface area contributed by atoms with Crippen LogP contribution in [-0.2, 0) is 13.6 Å². The number of hydrogen-bond acceptors (Lipinski definition) is 5. The van der Waals surface area contributed by atoms with Crippen LogP contribution in [0.1, 0.15) is 32.3 Å². The topological polar surface area (TPSA) is 76.2 Å². The summed E-state index contributed by atoms with van der Waals surface area (Å²) in [5.74, 6) is 0.610.